The van der Waals surface area contributed by atoms with Gasteiger partial charge in [0.25, 0.3) is 0 Å². The minimum Gasteiger partial charge on any atom is -0.481 e. The third kappa shape index (κ3) is 2.83. The number of aliphatic carboxylic acids is 1. The van der Waals surface area contributed by atoms with Crippen molar-refractivity contribution in [1.82, 2.24) is 0 Å². The number of carboxylic acids is 1. The van der Waals surface area contributed by atoms with Gasteiger partial charge in [0, 0.05) is 12.3 Å². The number of carbonyl (C=O) groups is 2. The van der Waals surface area contributed by atoms with Gasteiger partial charge in [-0.15, -0.1) is 0 Å². The third-order valence-corrected chi connectivity index (χ3v) is 2.87. The molecule has 0 aromatic carbocycles. The van der Waals surface area contributed by atoms with E-state index in [2.05, 4.69) is 0 Å². The smallest absolute Gasteiger partial charge is 0.303 e. The Kier molecular flexibility index (Phi) is 3.46. The molecule has 0 saturated heterocycles. The molecule has 3 nitrogen and oxygen atoms in total. The average molecular weight is 184 g/mol. The summed E-state index contributed by atoms with van der Waals surface area (Å²) in [5.41, 5.74) is 0. The van der Waals surface area contributed by atoms with Crippen LogP contribution in [-0.4, -0.2) is 16.9 Å². The molecule has 74 valence electrons. The highest BCUT2D eigenvalue weighted by Gasteiger charge is 2.29. The molecule has 0 bridgehead atoms. The number of ketones is 1. The van der Waals surface area contributed by atoms with Crippen LogP contribution in [0.2, 0.25) is 0 Å². The van der Waals surface area contributed by atoms with Crippen LogP contribution in [-0.2, 0) is 9.59 Å². The SMILES string of the molecule is CC(=O)C1CCCCC1CC(=O)O. The van der Waals surface area contributed by atoms with Gasteiger partial charge in [-0.2, -0.15) is 0 Å². The number of carbonyl (C=O) groups excluding carboxylic acids is 1. The van der Waals surface area contributed by atoms with E-state index in [1.807, 2.05) is 0 Å². The predicted molar refractivity (Wildman–Crippen MR) is 48.4 cm³/mol. The van der Waals surface area contributed by atoms with Crippen molar-refractivity contribution in [3.63, 3.8) is 0 Å². The number of rotatable bonds is 3. The van der Waals surface area contributed by atoms with Gasteiger partial charge in [0.15, 0.2) is 0 Å². The van der Waals surface area contributed by atoms with E-state index in [0.717, 1.165) is 25.7 Å². The standard InChI is InChI=1S/C10H16O3/c1-7(11)9-5-3-2-4-8(9)6-10(12)13/h8-9H,2-6H2,1H3,(H,12,13). The van der Waals surface area contributed by atoms with E-state index in [-0.39, 0.29) is 24.0 Å². The van der Waals surface area contributed by atoms with Gasteiger partial charge in [-0.3, -0.25) is 9.59 Å². The lowest BCUT2D eigenvalue weighted by atomic mass is 9.76. The quantitative estimate of drug-likeness (QED) is 0.728. The predicted octanol–water partition coefficient (Wildman–Crippen LogP) is 1.86. The fraction of sp³-hybridized carbons (Fsp3) is 0.800. The van der Waals surface area contributed by atoms with Crippen molar-refractivity contribution in [3.8, 4) is 0 Å². The summed E-state index contributed by atoms with van der Waals surface area (Å²) in [7, 11) is 0. The Morgan fingerprint density at radius 2 is 1.92 bits per heavy atom. The van der Waals surface area contributed by atoms with E-state index >= 15 is 0 Å². The first-order chi connectivity index (χ1) is 6.11. The molecule has 0 amide bonds. The third-order valence-electron chi connectivity index (χ3n) is 2.87. The summed E-state index contributed by atoms with van der Waals surface area (Å²) in [5.74, 6) is -0.530. The molecule has 13 heavy (non-hydrogen) atoms. The molecule has 1 saturated carbocycles. The molecule has 1 fully saturated rings. The highest BCUT2D eigenvalue weighted by molar-refractivity contribution is 5.79. The lowest BCUT2D eigenvalue weighted by molar-refractivity contribution is -0.139. The van der Waals surface area contributed by atoms with Crippen LogP contribution in [0.25, 0.3) is 0 Å². The van der Waals surface area contributed by atoms with Gasteiger partial charge < -0.3 is 5.11 Å². The molecule has 0 aromatic rings. The summed E-state index contributed by atoms with van der Waals surface area (Å²) < 4.78 is 0. The van der Waals surface area contributed by atoms with E-state index in [1.54, 1.807) is 6.92 Å². The summed E-state index contributed by atoms with van der Waals surface area (Å²) in [5, 5.41) is 8.65. The van der Waals surface area contributed by atoms with E-state index in [4.69, 9.17) is 5.11 Å². The summed E-state index contributed by atoms with van der Waals surface area (Å²) in [6, 6.07) is 0. The average Bonchev–Trinajstić information content (AvgIpc) is 2.03. The molecule has 0 radical (unpaired) electrons. The molecule has 0 heterocycles. The van der Waals surface area contributed by atoms with Gasteiger partial charge in [0.1, 0.15) is 5.78 Å². The molecule has 1 aliphatic rings. The molecular formula is C10H16O3. The van der Waals surface area contributed by atoms with Gasteiger partial charge in [0.2, 0.25) is 0 Å². The second kappa shape index (κ2) is 4.40. The maximum absolute atomic E-state index is 11.2. The number of Topliss-reactive ketones (excluding diaryl/α,β-unsaturated/α-hetero) is 1. The Morgan fingerprint density at radius 1 is 1.31 bits per heavy atom. The normalized spacial score (nSPS) is 28.4. The first kappa shape index (κ1) is 10.2. The van der Waals surface area contributed by atoms with Crippen molar-refractivity contribution in [1.29, 1.82) is 0 Å². The highest BCUT2D eigenvalue weighted by atomic mass is 16.4. The fourth-order valence-corrected chi connectivity index (χ4v) is 2.21. The molecule has 1 aliphatic carbocycles. The Labute approximate surface area is 78.1 Å². The summed E-state index contributed by atoms with van der Waals surface area (Å²) in [4.78, 5) is 21.7. The van der Waals surface area contributed by atoms with Gasteiger partial charge >= 0.3 is 5.97 Å². The van der Waals surface area contributed by atoms with Crippen LogP contribution in [0.3, 0.4) is 0 Å². The first-order valence-corrected chi connectivity index (χ1v) is 4.83. The van der Waals surface area contributed by atoms with E-state index in [0.29, 0.717) is 0 Å². The molecule has 2 unspecified atom stereocenters. The summed E-state index contributed by atoms with van der Waals surface area (Å²) in [6.45, 7) is 1.57. The maximum atomic E-state index is 11.2. The van der Waals surface area contributed by atoms with Gasteiger partial charge in [0.05, 0.1) is 0 Å². The number of carboxylic acid groups (broad SMARTS) is 1. The van der Waals surface area contributed by atoms with Crippen LogP contribution in [0.5, 0.6) is 0 Å². The molecule has 0 aliphatic heterocycles. The fourth-order valence-electron chi connectivity index (χ4n) is 2.21. The highest BCUT2D eigenvalue weighted by Crippen LogP contribution is 2.32. The zero-order valence-corrected chi connectivity index (χ0v) is 7.95. The zero-order chi connectivity index (χ0) is 9.84. The van der Waals surface area contributed by atoms with Crippen LogP contribution < -0.4 is 0 Å². The van der Waals surface area contributed by atoms with Crippen molar-refractivity contribution >= 4 is 11.8 Å². The summed E-state index contributed by atoms with van der Waals surface area (Å²) >= 11 is 0. The second-order valence-electron chi connectivity index (χ2n) is 3.86. The number of hydrogen-bond acceptors (Lipinski definition) is 2. The van der Waals surface area contributed by atoms with Gasteiger partial charge in [-0.25, -0.2) is 0 Å². The maximum Gasteiger partial charge on any atom is 0.303 e. The molecular weight excluding hydrogens is 168 g/mol. The molecule has 2 atom stereocenters. The van der Waals surface area contributed by atoms with Crippen LogP contribution in [0.4, 0.5) is 0 Å². The Balaban J connectivity index is 2.56. The van der Waals surface area contributed by atoms with Gasteiger partial charge in [-0.05, 0) is 25.7 Å². The Hall–Kier alpha value is -0.860. The summed E-state index contributed by atoms with van der Waals surface area (Å²) in [6.07, 6.45) is 4.08. The second-order valence-corrected chi connectivity index (χ2v) is 3.86. The molecule has 0 spiro atoms. The number of hydrogen-bond donors (Lipinski definition) is 1. The first-order valence-electron chi connectivity index (χ1n) is 4.83. The van der Waals surface area contributed by atoms with Crippen molar-refractivity contribution < 1.29 is 14.7 Å². The van der Waals surface area contributed by atoms with Crippen molar-refractivity contribution in [2.75, 3.05) is 0 Å². The molecule has 3 heteroatoms. The lowest BCUT2D eigenvalue weighted by Gasteiger charge is -2.28. The lowest BCUT2D eigenvalue weighted by Crippen LogP contribution is -2.27. The zero-order valence-electron chi connectivity index (χ0n) is 7.95. The van der Waals surface area contributed by atoms with E-state index in [9.17, 15) is 9.59 Å². The van der Waals surface area contributed by atoms with E-state index in [1.165, 1.54) is 0 Å². The van der Waals surface area contributed by atoms with E-state index < -0.39 is 5.97 Å². The van der Waals surface area contributed by atoms with Crippen molar-refractivity contribution in [2.24, 2.45) is 11.8 Å². The monoisotopic (exact) mass is 184 g/mol. The minimum absolute atomic E-state index is 0.00449. The minimum atomic E-state index is -0.779. The Morgan fingerprint density at radius 3 is 2.46 bits per heavy atom. The van der Waals surface area contributed by atoms with Crippen LogP contribution in [0.15, 0.2) is 0 Å². The Bertz CT molecular complexity index is 210. The molecule has 1 rings (SSSR count). The largest absolute Gasteiger partial charge is 0.481 e. The van der Waals surface area contributed by atoms with Crippen LogP contribution >= 0.6 is 0 Å². The molecule has 0 aromatic heterocycles. The van der Waals surface area contributed by atoms with Gasteiger partial charge in [-0.1, -0.05) is 12.8 Å². The van der Waals surface area contributed by atoms with Crippen LogP contribution in [0.1, 0.15) is 39.0 Å². The van der Waals surface area contributed by atoms with Crippen molar-refractivity contribution in [2.45, 2.75) is 39.0 Å². The van der Waals surface area contributed by atoms with Crippen LogP contribution in [0, 0.1) is 11.8 Å². The van der Waals surface area contributed by atoms with Crippen molar-refractivity contribution in [3.05, 3.63) is 0 Å². The topological polar surface area (TPSA) is 54.4 Å². The molecule has 1 N–H and O–H groups in total.